The van der Waals surface area contributed by atoms with E-state index in [9.17, 15) is 14.7 Å². The molecule has 0 aromatic carbocycles. The Hall–Kier alpha value is -1.36. The summed E-state index contributed by atoms with van der Waals surface area (Å²) in [5.41, 5.74) is 0. The Morgan fingerprint density at radius 2 is 0.587 bits per heavy atom. The molecule has 0 aliphatic rings. The van der Waals surface area contributed by atoms with Gasteiger partial charge in [-0.1, -0.05) is 289 Å². The highest BCUT2D eigenvalue weighted by atomic mass is 16.6. The maximum atomic E-state index is 12.2. The van der Waals surface area contributed by atoms with E-state index in [-0.39, 0.29) is 25.2 Å². The number of unbranched alkanes of at least 4 members (excludes halogenated alkanes) is 44. The summed E-state index contributed by atoms with van der Waals surface area (Å²) in [7, 11) is 0. The Labute approximate surface area is 394 Å². The van der Waals surface area contributed by atoms with Crippen LogP contribution in [0.2, 0.25) is 0 Å². The summed E-state index contributed by atoms with van der Waals surface area (Å²) in [6, 6.07) is 0. The smallest absolute Gasteiger partial charge is 0.306 e. The molecule has 374 valence electrons. The number of rotatable bonds is 54. The first-order valence-electron chi connectivity index (χ1n) is 28.7. The summed E-state index contributed by atoms with van der Waals surface area (Å²) < 4.78 is 10.7. The van der Waals surface area contributed by atoms with Crippen molar-refractivity contribution in [2.45, 2.75) is 335 Å². The van der Waals surface area contributed by atoms with Crippen molar-refractivity contribution in [3.05, 3.63) is 12.2 Å². The minimum atomic E-state index is -0.771. The quantitative estimate of drug-likeness (QED) is 0.0374. The zero-order chi connectivity index (χ0) is 45.6. The predicted octanol–water partition coefficient (Wildman–Crippen LogP) is 19.1. The predicted molar refractivity (Wildman–Crippen MR) is 275 cm³/mol. The normalized spacial score (nSPS) is 12.1. The minimum Gasteiger partial charge on any atom is -0.462 e. The molecule has 0 radical (unpaired) electrons. The lowest BCUT2D eigenvalue weighted by Crippen LogP contribution is -2.28. The second-order valence-corrected chi connectivity index (χ2v) is 19.7. The van der Waals surface area contributed by atoms with Crippen LogP contribution in [0.15, 0.2) is 12.2 Å². The number of carbonyl (C=O) groups is 2. The van der Waals surface area contributed by atoms with Crippen LogP contribution in [0, 0.1) is 0 Å². The van der Waals surface area contributed by atoms with Gasteiger partial charge in [0.25, 0.3) is 0 Å². The van der Waals surface area contributed by atoms with Crippen LogP contribution in [0.3, 0.4) is 0 Å². The summed E-state index contributed by atoms with van der Waals surface area (Å²) >= 11 is 0. The van der Waals surface area contributed by atoms with E-state index in [0.717, 1.165) is 38.5 Å². The van der Waals surface area contributed by atoms with E-state index < -0.39 is 6.10 Å². The average molecular weight is 890 g/mol. The molecule has 0 saturated heterocycles. The molecule has 0 bridgehead atoms. The van der Waals surface area contributed by atoms with Crippen LogP contribution in [0.25, 0.3) is 0 Å². The molecule has 0 rings (SSSR count). The molecular weight excluding hydrogens is 777 g/mol. The molecule has 5 nitrogen and oxygen atoms in total. The van der Waals surface area contributed by atoms with Crippen LogP contribution >= 0.6 is 0 Å². The number of aliphatic hydroxyl groups excluding tert-OH is 1. The zero-order valence-electron chi connectivity index (χ0n) is 42.9. The van der Waals surface area contributed by atoms with Gasteiger partial charge in [0.15, 0.2) is 6.10 Å². The van der Waals surface area contributed by atoms with Crippen LogP contribution < -0.4 is 0 Å². The maximum Gasteiger partial charge on any atom is 0.306 e. The number of allylic oxidation sites excluding steroid dienone is 2. The lowest BCUT2D eigenvalue weighted by atomic mass is 10.0. The van der Waals surface area contributed by atoms with Gasteiger partial charge in [-0.15, -0.1) is 0 Å². The molecule has 0 aromatic heterocycles. The highest BCUT2D eigenvalue weighted by Crippen LogP contribution is 2.18. The van der Waals surface area contributed by atoms with Gasteiger partial charge in [0.1, 0.15) is 6.61 Å². The first-order chi connectivity index (χ1) is 31.1. The van der Waals surface area contributed by atoms with E-state index in [0.29, 0.717) is 12.8 Å². The molecule has 1 atom stereocenters. The van der Waals surface area contributed by atoms with E-state index in [4.69, 9.17) is 9.47 Å². The molecule has 0 heterocycles. The Balaban J connectivity index is 3.35. The Bertz CT molecular complexity index is 917. The van der Waals surface area contributed by atoms with Gasteiger partial charge in [-0.3, -0.25) is 9.59 Å². The van der Waals surface area contributed by atoms with E-state index in [1.54, 1.807) is 0 Å². The van der Waals surface area contributed by atoms with Crippen LogP contribution in [0.1, 0.15) is 328 Å². The third kappa shape index (κ3) is 53.1. The van der Waals surface area contributed by atoms with Crippen LogP contribution in [0.4, 0.5) is 0 Å². The molecule has 63 heavy (non-hydrogen) atoms. The summed E-state index contributed by atoms with van der Waals surface area (Å²) in [6.45, 7) is 4.17. The number of aliphatic hydroxyl groups is 1. The van der Waals surface area contributed by atoms with Crippen molar-refractivity contribution in [3.63, 3.8) is 0 Å². The van der Waals surface area contributed by atoms with Crippen molar-refractivity contribution in [2.75, 3.05) is 13.2 Å². The van der Waals surface area contributed by atoms with Gasteiger partial charge in [0.2, 0.25) is 0 Å². The van der Waals surface area contributed by atoms with Gasteiger partial charge >= 0.3 is 11.9 Å². The summed E-state index contributed by atoms with van der Waals surface area (Å²) in [5.74, 6) is -0.582. The number of hydrogen-bond acceptors (Lipinski definition) is 5. The third-order valence-corrected chi connectivity index (χ3v) is 13.3. The Morgan fingerprint density at radius 1 is 0.349 bits per heavy atom. The largest absolute Gasteiger partial charge is 0.462 e. The van der Waals surface area contributed by atoms with E-state index in [1.807, 2.05) is 0 Å². The molecular formula is C58H112O5. The lowest BCUT2D eigenvalue weighted by Gasteiger charge is -2.15. The van der Waals surface area contributed by atoms with Crippen LogP contribution in [0.5, 0.6) is 0 Å². The second-order valence-electron chi connectivity index (χ2n) is 19.7. The summed E-state index contributed by atoms with van der Waals surface area (Å²) in [5, 5.41) is 9.61. The molecule has 0 spiro atoms. The van der Waals surface area contributed by atoms with Crippen molar-refractivity contribution >= 4 is 11.9 Å². The van der Waals surface area contributed by atoms with Gasteiger partial charge in [0, 0.05) is 12.8 Å². The van der Waals surface area contributed by atoms with Gasteiger partial charge in [-0.05, 0) is 38.5 Å². The zero-order valence-corrected chi connectivity index (χ0v) is 42.9. The number of hydrogen-bond donors (Lipinski definition) is 1. The standard InChI is InChI=1S/C58H112O5/c1-3-5-7-9-11-13-15-17-19-20-21-22-23-24-25-26-27-28-29-30-31-32-33-34-35-36-37-38-39-41-42-44-46-48-50-52-57(60)62-55-56(54-59)63-58(61)53-51-49-47-45-43-40-18-16-14-12-10-8-6-4-2/h16,18,56,59H,3-15,17,19-55H2,1-2H3/b18-16-. The second kappa shape index (κ2) is 55.0. The molecule has 0 aliphatic carbocycles. The monoisotopic (exact) mass is 889 g/mol. The average Bonchev–Trinajstić information content (AvgIpc) is 3.29. The van der Waals surface area contributed by atoms with Gasteiger partial charge < -0.3 is 14.6 Å². The fourth-order valence-electron chi connectivity index (χ4n) is 8.97. The third-order valence-electron chi connectivity index (χ3n) is 13.3. The van der Waals surface area contributed by atoms with E-state index >= 15 is 0 Å². The molecule has 0 aromatic rings. The van der Waals surface area contributed by atoms with E-state index in [1.165, 1.54) is 263 Å². The highest BCUT2D eigenvalue weighted by Gasteiger charge is 2.16. The lowest BCUT2D eigenvalue weighted by molar-refractivity contribution is -0.161. The fourth-order valence-corrected chi connectivity index (χ4v) is 8.97. The molecule has 0 fully saturated rings. The van der Waals surface area contributed by atoms with Crippen molar-refractivity contribution in [3.8, 4) is 0 Å². The first kappa shape index (κ1) is 61.6. The number of esters is 2. The number of ether oxygens (including phenoxy) is 2. The van der Waals surface area contributed by atoms with Crippen molar-refractivity contribution in [1.82, 2.24) is 0 Å². The van der Waals surface area contributed by atoms with E-state index in [2.05, 4.69) is 26.0 Å². The fraction of sp³-hybridized carbons (Fsp3) is 0.931. The van der Waals surface area contributed by atoms with Crippen molar-refractivity contribution in [1.29, 1.82) is 0 Å². The molecule has 0 saturated carbocycles. The topological polar surface area (TPSA) is 72.8 Å². The van der Waals surface area contributed by atoms with Crippen molar-refractivity contribution < 1.29 is 24.2 Å². The Morgan fingerprint density at radius 3 is 0.857 bits per heavy atom. The maximum absolute atomic E-state index is 12.2. The highest BCUT2D eigenvalue weighted by molar-refractivity contribution is 5.70. The molecule has 1 unspecified atom stereocenters. The van der Waals surface area contributed by atoms with Crippen LogP contribution in [-0.2, 0) is 19.1 Å². The molecule has 5 heteroatoms. The SMILES string of the molecule is CCCCCCC/C=C\CCCCCCCC(=O)OC(CO)COC(=O)CCCCCCCCCCCCCCCCCCCCCCCCCCCCCCCCCCCCC. The minimum absolute atomic E-state index is 0.0625. The van der Waals surface area contributed by atoms with Gasteiger partial charge in [0.05, 0.1) is 6.61 Å². The molecule has 0 amide bonds. The van der Waals surface area contributed by atoms with Gasteiger partial charge in [-0.2, -0.15) is 0 Å². The molecule has 1 N–H and O–H groups in total. The first-order valence-corrected chi connectivity index (χ1v) is 28.7. The van der Waals surface area contributed by atoms with Crippen LogP contribution in [-0.4, -0.2) is 36.4 Å². The number of carbonyl (C=O) groups excluding carboxylic acids is 2. The summed E-state index contributed by atoms with van der Waals surface area (Å²) in [6.07, 6.45) is 67.9. The molecule has 0 aliphatic heterocycles. The summed E-state index contributed by atoms with van der Waals surface area (Å²) in [4.78, 5) is 24.4. The van der Waals surface area contributed by atoms with Gasteiger partial charge in [-0.25, -0.2) is 0 Å². The Kier molecular flexibility index (Phi) is 53.8. The van der Waals surface area contributed by atoms with Crippen molar-refractivity contribution in [2.24, 2.45) is 0 Å².